The smallest absolute Gasteiger partial charge is 0.312 e. The largest absolute Gasteiger partial charge is 0.332 e. The number of hydrogen-bond donors (Lipinski definition) is 1. The maximum atomic E-state index is 14.3. The number of anilines is 1. The Morgan fingerprint density at radius 1 is 1.17 bits per heavy atom. The molecule has 1 unspecified atom stereocenters. The Balaban J connectivity index is 2.39. The van der Waals surface area contributed by atoms with Crippen LogP contribution in [0.25, 0.3) is 0 Å². The molecule has 0 aliphatic carbocycles. The van der Waals surface area contributed by atoms with Gasteiger partial charge in [-0.25, -0.2) is 9.18 Å². The lowest BCUT2D eigenvalue weighted by atomic mass is 9.86. The van der Waals surface area contributed by atoms with Crippen LogP contribution in [-0.4, -0.2) is 15.0 Å². The molecule has 8 heteroatoms. The van der Waals surface area contributed by atoms with Crippen LogP contribution in [0, 0.1) is 5.82 Å². The van der Waals surface area contributed by atoms with Crippen LogP contribution in [0.1, 0.15) is 23.5 Å². The number of hydrogen-bond acceptors (Lipinski definition) is 3. The molecule has 3 rings (SSSR count). The SMILES string of the molecule is Cn1c2c(c(=O)n(C)c1=O)C(c1c(F)cccc1Cl)CC(=O)N2. The fourth-order valence-corrected chi connectivity index (χ4v) is 3.19. The van der Waals surface area contributed by atoms with Crippen LogP contribution in [0.15, 0.2) is 27.8 Å². The Kier molecular flexibility index (Phi) is 3.60. The molecule has 1 aromatic carbocycles. The molecule has 0 bridgehead atoms. The number of nitrogens with zero attached hydrogens (tertiary/aromatic N) is 2. The Bertz CT molecular complexity index is 928. The van der Waals surface area contributed by atoms with E-state index in [0.29, 0.717) is 0 Å². The molecule has 2 aromatic rings. The maximum absolute atomic E-state index is 14.3. The van der Waals surface area contributed by atoms with Crippen molar-refractivity contribution in [3.8, 4) is 0 Å². The average molecular weight is 338 g/mol. The highest BCUT2D eigenvalue weighted by Gasteiger charge is 2.34. The summed E-state index contributed by atoms with van der Waals surface area (Å²) in [4.78, 5) is 36.5. The first-order chi connectivity index (χ1) is 10.8. The number of carbonyl (C=O) groups excluding carboxylic acids is 1. The summed E-state index contributed by atoms with van der Waals surface area (Å²) < 4.78 is 16.4. The first-order valence-corrected chi connectivity index (χ1v) is 7.24. The Hall–Kier alpha value is -2.41. The fraction of sp³-hybridized carbons (Fsp3) is 0.267. The minimum Gasteiger partial charge on any atom is -0.312 e. The Labute approximate surface area is 135 Å². The first kappa shape index (κ1) is 15.5. The summed E-state index contributed by atoms with van der Waals surface area (Å²) in [5.41, 5.74) is -0.913. The third-order valence-corrected chi connectivity index (χ3v) is 4.37. The topological polar surface area (TPSA) is 73.1 Å². The van der Waals surface area contributed by atoms with Gasteiger partial charge in [0.15, 0.2) is 0 Å². The first-order valence-electron chi connectivity index (χ1n) is 6.86. The predicted molar refractivity (Wildman–Crippen MR) is 83.4 cm³/mol. The molecule has 0 fully saturated rings. The predicted octanol–water partition coefficient (Wildman–Crippen LogP) is 1.35. The molecule has 1 aliphatic heterocycles. The number of benzene rings is 1. The highest BCUT2D eigenvalue weighted by molar-refractivity contribution is 6.31. The molecule has 23 heavy (non-hydrogen) atoms. The maximum Gasteiger partial charge on any atom is 0.332 e. The molecule has 2 heterocycles. The summed E-state index contributed by atoms with van der Waals surface area (Å²) in [6.07, 6.45) is -0.124. The highest BCUT2D eigenvalue weighted by Crippen LogP contribution is 2.38. The summed E-state index contributed by atoms with van der Waals surface area (Å²) in [7, 11) is 2.77. The lowest BCUT2D eigenvalue weighted by Crippen LogP contribution is -2.44. The highest BCUT2D eigenvalue weighted by atomic mass is 35.5. The number of aromatic nitrogens is 2. The third kappa shape index (κ3) is 2.28. The number of amides is 1. The van der Waals surface area contributed by atoms with Gasteiger partial charge in [-0.3, -0.25) is 18.7 Å². The van der Waals surface area contributed by atoms with Crippen molar-refractivity contribution in [3.05, 3.63) is 61.0 Å². The minimum atomic E-state index is -0.849. The molecule has 1 amide bonds. The monoisotopic (exact) mass is 337 g/mol. The second-order valence-electron chi connectivity index (χ2n) is 5.41. The van der Waals surface area contributed by atoms with Gasteiger partial charge in [0.2, 0.25) is 5.91 Å². The number of rotatable bonds is 1. The standard InChI is InChI=1S/C15H13ClFN3O3/c1-19-13-12(14(22)20(2)15(19)23)7(6-10(21)18-13)11-8(16)4-3-5-9(11)17/h3-5,7H,6H2,1-2H3,(H,18,21). The quantitative estimate of drug-likeness (QED) is 0.853. The van der Waals surface area contributed by atoms with Crippen molar-refractivity contribution < 1.29 is 9.18 Å². The van der Waals surface area contributed by atoms with E-state index >= 15 is 0 Å². The fourth-order valence-electron chi connectivity index (χ4n) is 2.90. The zero-order valence-electron chi connectivity index (χ0n) is 12.4. The summed E-state index contributed by atoms with van der Waals surface area (Å²) in [6.45, 7) is 0. The van der Waals surface area contributed by atoms with E-state index in [1.807, 2.05) is 0 Å². The molecule has 0 saturated carbocycles. The van der Waals surface area contributed by atoms with Crippen LogP contribution < -0.4 is 16.6 Å². The summed E-state index contributed by atoms with van der Waals surface area (Å²) in [5, 5.41) is 2.65. The van der Waals surface area contributed by atoms with E-state index in [1.54, 1.807) is 0 Å². The van der Waals surface area contributed by atoms with E-state index < -0.39 is 28.9 Å². The molecule has 6 nitrogen and oxygen atoms in total. The number of fused-ring (bicyclic) bond motifs is 1. The van der Waals surface area contributed by atoms with Crippen molar-refractivity contribution in [1.82, 2.24) is 9.13 Å². The molecule has 1 N–H and O–H groups in total. The van der Waals surface area contributed by atoms with Gasteiger partial charge in [-0.2, -0.15) is 0 Å². The molecule has 0 spiro atoms. The van der Waals surface area contributed by atoms with Crippen molar-refractivity contribution in [2.45, 2.75) is 12.3 Å². The van der Waals surface area contributed by atoms with Crippen molar-refractivity contribution in [2.24, 2.45) is 14.1 Å². The van der Waals surface area contributed by atoms with E-state index in [0.717, 1.165) is 9.13 Å². The van der Waals surface area contributed by atoms with Crippen LogP contribution >= 0.6 is 11.6 Å². The van der Waals surface area contributed by atoms with Crippen molar-refractivity contribution >= 4 is 23.3 Å². The van der Waals surface area contributed by atoms with Crippen LogP contribution in [0.5, 0.6) is 0 Å². The molecular weight excluding hydrogens is 325 g/mol. The van der Waals surface area contributed by atoms with Crippen LogP contribution in [0.2, 0.25) is 5.02 Å². The van der Waals surface area contributed by atoms with E-state index in [4.69, 9.17) is 11.6 Å². The number of nitrogens with one attached hydrogen (secondary N) is 1. The van der Waals surface area contributed by atoms with Gasteiger partial charge >= 0.3 is 5.69 Å². The molecular formula is C15H13ClFN3O3. The van der Waals surface area contributed by atoms with E-state index in [1.165, 1.54) is 32.3 Å². The zero-order valence-corrected chi connectivity index (χ0v) is 13.1. The van der Waals surface area contributed by atoms with Crippen LogP contribution in [0.4, 0.5) is 10.2 Å². The van der Waals surface area contributed by atoms with E-state index in [2.05, 4.69) is 5.32 Å². The minimum absolute atomic E-state index is 0.0821. The van der Waals surface area contributed by atoms with Crippen molar-refractivity contribution in [3.63, 3.8) is 0 Å². The van der Waals surface area contributed by atoms with E-state index in [-0.39, 0.29) is 28.4 Å². The lowest BCUT2D eigenvalue weighted by Gasteiger charge is -2.27. The number of halogens is 2. The van der Waals surface area contributed by atoms with Crippen molar-refractivity contribution in [1.29, 1.82) is 0 Å². The Morgan fingerprint density at radius 2 is 1.87 bits per heavy atom. The van der Waals surface area contributed by atoms with Crippen LogP contribution in [-0.2, 0) is 18.9 Å². The Morgan fingerprint density at radius 3 is 2.52 bits per heavy atom. The second-order valence-corrected chi connectivity index (χ2v) is 5.82. The summed E-state index contributed by atoms with van der Waals surface area (Å²) in [5.74, 6) is -1.78. The molecule has 0 saturated heterocycles. The van der Waals surface area contributed by atoms with Crippen LogP contribution in [0.3, 0.4) is 0 Å². The van der Waals surface area contributed by atoms with Gasteiger partial charge in [0.1, 0.15) is 11.6 Å². The van der Waals surface area contributed by atoms with Crippen molar-refractivity contribution in [2.75, 3.05) is 5.32 Å². The second kappa shape index (κ2) is 5.34. The molecule has 1 aromatic heterocycles. The normalized spacial score (nSPS) is 16.9. The third-order valence-electron chi connectivity index (χ3n) is 4.04. The average Bonchev–Trinajstić information content (AvgIpc) is 2.50. The van der Waals surface area contributed by atoms with Gasteiger partial charge < -0.3 is 5.32 Å². The van der Waals surface area contributed by atoms with Gasteiger partial charge in [-0.15, -0.1) is 0 Å². The molecule has 120 valence electrons. The van der Waals surface area contributed by atoms with Gasteiger partial charge in [0.05, 0.1) is 5.56 Å². The zero-order chi connectivity index (χ0) is 16.9. The van der Waals surface area contributed by atoms with Gasteiger partial charge in [0.25, 0.3) is 5.56 Å². The van der Waals surface area contributed by atoms with E-state index in [9.17, 15) is 18.8 Å². The van der Waals surface area contributed by atoms with Gasteiger partial charge in [-0.05, 0) is 12.1 Å². The molecule has 1 aliphatic rings. The molecule has 0 radical (unpaired) electrons. The summed E-state index contributed by atoms with van der Waals surface area (Å²) in [6, 6.07) is 4.17. The van der Waals surface area contributed by atoms with Gasteiger partial charge in [-0.1, -0.05) is 17.7 Å². The lowest BCUT2D eigenvalue weighted by molar-refractivity contribution is -0.116. The van der Waals surface area contributed by atoms with Gasteiger partial charge in [0, 0.05) is 37.0 Å². The number of carbonyl (C=O) groups is 1. The molecule has 1 atom stereocenters. The summed E-state index contributed by atoms with van der Waals surface area (Å²) >= 11 is 6.09.